The molecule has 4 heteroatoms. The molecule has 0 unspecified atom stereocenters. The molecule has 0 spiro atoms. The van der Waals surface area contributed by atoms with Crippen LogP contribution in [0.1, 0.15) is 32.6 Å². The molecule has 1 heterocycles. The van der Waals surface area contributed by atoms with Gasteiger partial charge in [0.05, 0.1) is 5.69 Å². The van der Waals surface area contributed by atoms with Crippen molar-refractivity contribution in [3.05, 3.63) is 42.5 Å². The van der Waals surface area contributed by atoms with E-state index in [2.05, 4.69) is 34.6 Å². The first-order valence-electron chi connectivity index (χ1n) is 9.01. The number of hydrogen-bond acceptors (Lipinski definition) is 2. The number of carbonyl (C=O) groups excluding carboxylic acids is 1. The molecular formula is C20H27N3O. The third-order valence-corrected chi connectivity index (χ3v) is 4.89. The Bertz CT molecular complexity index is 680. The number of carbonyl (C=O) groups is 1. The number of likely N-dealkylation sites (tertiary alicyclic amines) is 1. The zero-order valence-electron chi connectivity index (χ0n) is 14.4. The highest BCUT2D eigenvalue weighted by atomic mass is 16.2. The van der Waals surface area contributed by atoms with Gasteiger partial charge in [0.15, 0.2) is 0 Å². The number of nitrogens with zero attached hydrogens (tertiary/aromatic N) is 1. The summed E-state index contributed by atoms with van der Waals surface area (Å²) in [5, 5.41) is 8.14. The van der Waals surface area contributed by atoms with E-state index in [1.165, 1.54) is 25.8 Å². The van der Waals surface area contributed by atoms with E-state index in [4.69, 9.17) is 0 Å². The Hall–Kier alpha value is -2.07. The monoisotopic (exact) mass is 325 g/mol. The highest BCUT2D eigenvalue weighted by Crippen LogP contribution is 2.22. The Morgan fingerprint density at radius 1 is 1.17 bits per heavy atom. The Balaban J connectivity index is 1.45. The molecule has 1 fully saturated rings. The summed E-state index contributed by atoms with van der Waals surface area (Å²) in [6.45, 7) is 5.28. The summed E-state index contributed by atoms with van der Waals surface area (Å²) >= 11 is 0. The average molecular weight is 325 g/mol. The molecule has 2 amide bonds. The van der Waals surface area contributed by atoms with E-state index in [1.54, 1.807) is 0 Å². The van der Waals surface area contributed by atoms with Crippen LogP contribution in [0.2, 0.25) is 0 Å². The molecule has 3 rings (SSSR count). The Kier molecular flexibility index (Phi) is 5.70. The van der Waals surface area contributed by atoms with E-state index in [-0.39, 0.29) is 6.03 Å². The van der Waals surface area contributed by atoms with Crippen LogP contribution in [0.4, 0.5) is 10.5 Å². The summed E-state index contributed by atoms with van der Waals surface area (Å²) in [4.78, 5) is 14.7. The van der Waals surface area contributed by atoms with Crippen molar-refractivity contribution < 1.29 is 4.79 Å². The van der Waals surface area contributed by atoms with Crippen molar-refractivity contribution in [2.75, 3.05) is 25.0 Å². The number of piperidine rings is 1. The first-order chi connectivity index (χ1) is 11.7. The van der Waals surface area contributed by atoms with Crippen molar-refractivity contribution in [2.24, 2.45) is 0 Å². The minimum absolute atomic E-state index is 0.127. The minimum atomic E-state index is -0.127. The van der Waals surface area contributed by atoms with Gasteiger partial charge in [-0.3, -0.25) is 0 Å². The van der Waals surface area contributed by atoms with E-state index in [9.17, 15) is 4.79 Å². The van der Waals surface area contributed by atoms with E-state index in [0.717, 1.165) is 29.4 Å². The fourth-order valence-electron chi connectivity index (χ4n) is 3.47. The van der Waals surface area contributed by atoms with Gasteiger partial charge >= 0.3 is 6.03 Å². The number of benzene rings is 2. The predicted octanol–water partition coefficient (Wildman–Crippen LogP) is 4.23. The summed E-state index contributed by atoms with van der Waals surface area (Å²) in [6.07, 6.45) is 4.95. The lowest BCUT2D eigenvalue weighted by Crippen LogP contribution is -2.39. The van der Waals surface area contributed by atoms with Crippen LogP contribution in [0.25, 0.3) is 10.8 Å². The lowest BCUT2D eigenvalue weighted by Gasteiger charge is -2.33. The molecule has 0 aliphatic carbocycles. The molecular weight excluding hydrogens is 298 g/mol. The van der Waals surface area contributed by atoms with Crippen LogP contribution in [0.5, 0.6) is 0 Å². The van der Waals surface area contributed by atoms with Gasteiger partial charge in [0.1, 0.15) is 0 Å². The van der Waals surface area contributed by atoms with Crippen LogP contribution in [0, 0.1) is 0 Å². The number of amides is 2. The van der Waals surface area contributed by atoms with E-state index in [0.29, 0.717) is 12.6 Å². The molecule has 2 aromatic rings. The maximum absolute atomic E-state index is 12.1. The SMILES string of the molecule is C[C@@H]1CCCCN1CCCNC(=O)Nc1cccc2ccccc12. The number of rotatable bonds is 5. The highest BCUT2D eigenvalue weighted by Gasteiger charge is 2.17. The van der Waals surface area contributed by atoms with Gasteiger partial charge in [0, 0.05) is 24.5 Å². The van der Waals surface area contributed by atoms with Crippen LogP contribution in [-0.4, -0.2) is 36.6 Å². The fourth-order valence-corrected chi connectivity index (χ4v) is 3.47. The molecule has 2 aromatic carbocycles. The second kappa shape index (κ2) is 8.15. The molecule has 24 heavy (non-hydrogen) atoms. The molecule has 0 bridgehead atoms. The molecule has 1 atom stereocenters. The number of fused-ring (bicyclic) bond motifs is 1. The molecule has 0 radical (unpaired) electrons. The lowest BCUT2D eigenvalue weighted by molar-refractivity contribution is 0.159. The molecule has 1 saturated heterocycles. The van der Waals surface area contributed by atoms with Crippen molar-refractivity contribution in [3.63, 3.8) is 0 Å². The van der Waals surface area contributed by atoms with E-state index < -0.39 is 0 Å². The van der Waals surface area contributed by atoms with Crippen molar-refractivity contribution >= 4 is 22.5 Å². The summed E-state index contributed by atoms with van der Waals surface area (Å²) in [7, 11) is 0. The number of anilines is 1. The van der Waals surface area contributed by atoms with Crippen molar-refractivity contribution in [1.29, 1.82) is 0 Å². The Labute approximate surface area is 144 Å². The van der Waals surface area contributed by atoms with Crippen LogP contribution in [0.15, 0.2) is 42.5 Å². The maximum atomic E-state index is 12.1. The fraction of sp³-hybridized carbons (Fsp3) is 0.450. The van der Waals surface area contributed by atoms with Gasteiger partial charge in [0.25, 0.3) is 0 Å². The van der Waals surface area contributed by atoms with Crippen molar-refractivity contribution in [2.45, 2.75) is 38.6 Å². The Morgan fingerprint density at radius 3 is 2.88 bits per heavy atom. The van der Waals surface area contributed by atoms with Gasteiger partial charge < -0.3 is 15.5 Å². The second-order valence-electron chi connectivity index (χ2n) is 6.64. The van der Waals surface area contributed by atoms with E-state index >= 15 is 0 Å². The number of urea groups is 1. The first kappa shape index (κ1) is 16.8. The maximum Gasteiger partial charge on any atom is 0.319 e. The third kappa shape index (κ3) is 4.26. The third-order valence-electron chi connectivity index (χ3n) is 4.89. The molecule has 1 aliphatic heterocycles. The van der Waals surface area contributed by atoms with Gasteiger partial charge in [-0.25, -0.2) is 4.79 Å². The van der Waals surface area contributed by atoms with Gasteiger partial charge in [-0.2, -0.15) is 0 Å². The van der Waals surface area contributed by atoms with Gasteiger partial charge in [-0.05, 0) is 44.2 Å². The summed E-state index contributed by atoms with van der Waals surface area (Å²) in [6, 6.07) is 14.6. The van der Waals surface area contributed by atoms with Gasteiger partial charge in [-0.1, -0.05) is 42.8 Å². The second-order valence-corrected chi connectivity index (χ2v) is 6.64. The van der Waals surface area contributed by atoms with Crippen LogP contribution >= 0.6 is 0 Å². The summed E-state index contributed by atoms with van der Waals surface area (Å²) in [5.41, 5.74) is 0.857. The van der Waals surface area contributed by atoms with Crippen LogP contribution in [-0.2, 0) is 0 Å². The molecule has 0 saturated carbocycles. The van der Waals surface area contributed by atoms with Crippen molar-refractivity contribution in [1.82, 2.24) is 10.2 Å². The average Bonchev–Trinajstić information content (AvgIpc) is 2.60. The quantitative estimate of drug-likeness (QED) is 0.808. The highest BCUT2D eigenvalue weighted by molar-refractivity contribution is 6.01. The predicted molar refractivity (Wildman–Crippen MR) is 100 cm³/mol. The molecule has 128 valence electrons. The molecule has 1 aliphatic rings. The number of nitrogens with one attached hydrogen (secondary N) is 2. The molecule has 4 nitrogen and oxygen atoms in total. The molecule has 0 aromatic heterocycles. The standard InChI is InChI=1S/C20H27N3O/c1-16-8-4-5-14-23(16)15-7-13-21-20(24)22-19-12-6-10-17-9-2-3-11-18(17)19/h2-3,6,9-12,16H,4-5,7-8,13-15H2,1H3,(H2,21,22,24)/t16-/m1/s1. The topological polar surface area (TPSA) is 44.4 Å². The van der Waals surface area contributed by atoms with Crippen LogP contribution < -0.4 is 10.6 Å². The Morgan fingerprint density at radius 2 is 2.00 bits per heavy atom. The number of hydrogen-bond donors (Lipinski definition) is 2. The van der Waals surface area contributed by atoms with E-state index in [1.807, 2.05) is 30.3 Å². The zero-order chi connectivity index (χ0) is 16.8. The van der Waals surface area contributed by atoms with Gasteiger partial charge in [0.2, 0.25) is 0 Å². The summed E-state index contributed by atoms with van der Waals surface area (Å²) < 4.78 is 0. The normalized spacial score (nSPS) is 18.5. The summed E-state index contributed by atoms with van der Waals surface area (Å²) in [5.74, 6) is 0. The van der Waals surface area contributed by atoms with Crippen LogP contribution in [0.3, 0.4) is 0 Å². The van der Waals surface area contributed by atoms with Crippen molar-refractivity contribution in [3.8, 4) is 0 Å². The largest absolute Gasteiger partial charge is 0.338 e. The first-order valence-corrected chi connectivity index (χ1v) is 9.01. The smallest absolute Gasteiger partial charge is 0.319 e. The molecule has 2 N–H and O–H groups in total. The minimum Gasteiger partial charge on any atom is -0.338 e. The lowest BCUT2D eigenvalue weighted by atomic mass is 10.0. The zero-order valence-corrected chi connectivity index (χ0v) is 14.4. The van der Waals surface area contributed by atoms with Gasteiger partial charge in [-0.15, -0.1) is 0 Å².